The second-order valence-electron chi connectivity index (χ2n) is 18.6. The van der Waals surface area contributed by atoms with Crippen molar-refractivity contribution < 1.29 is 163 Å². The lowest BCUT2D eigenvalue weighted by molar-refractivity contribution is -0.260. The second-order valence-corrected chi connectivity index (χ2v) is 18.6. The average Bonchev–Trinajstić information content (AvgIpc) is 4.25. The van der Waals surface area contributed by atoms with Gasteiger partial charge in [0.15, 0.2) is 50.3 Å². The zero-order chi connectivity index (χ0) is 52.7. The highest BCUT2D eigenvalue weighted by atomic mass is 16.8. The van der Waals surface area contributed by atoms with E-state index < -0.39 is 250 Å². The molecule has 0 radical (unpaired) electrons. The number of hydrogen-bond donors (Lipinski definition) is 18. The number of hydrogen-bond acceptors (Lipinski definition) is 33. The maximum atomic E-state index is 11.5. The van der Waals surface area contributed by atoms with E-state index in [1.807, 2.05) is 0 Å². The van der Waals surface area contributed by atoms with Gasteiger partial charge in [-0.05, 0) is 0 Å². The number of aliphatic hydroxyl groups excluding tert-OH is 18. The van der Waals surface area contributed by atoms with E-state index in [1.165, 1.54) is 0 Å². The molecule has 8 heterocycles. The Morgan fingerprint density at radius 2 is 0.534 bits per heavy atom. The van der Waals surface area contributed by atoms with E-state index in [0.717, 1.165) is 0 Å². The highest BCUT2D eigenvalue weighted by molar-refractivity contribution is 4.98. The van der Waals surface area contributed by atoms with Gasteiger partial charge in [0.25, 0.3) is 0 Å². The molecule has 32 atom stereocenters. The van der Waals surface area contributed by atoms with Crippen LogP contribution in [-0.4, -0.2) is 342 Å². The lowest BCUT2D eigenvalue weighted by Gasteiger charge is -2.30. The van der Waals surface area contributed by atoms with Gasteiger partial charge in [-0.25, -0.2) is 0 Å². The lowest BCUT2D eigenvalue weighted by atomic mass is 10.1. The third-order valence-electron chi connectivity index (χ3n) is 13.8. The van der Waals surface area contributed by atoms with Crippen molar-refractivity contribution >= 4 is 0 Å². The van der Waals surface area contributed by atoms with Crippen LogP contribution >= 0.6 is 0 Å². The van der Waals surface area contributed by atoms with Crippen molar-refractivity contribution in [1.29, 1.82) is 0 Å². The molecule has 8 fully saturated rings. The molecule has 33 nitrogen and oxygen atoms in total. The largest absolute Gasteiger partial charge is 0.394 e. The van der Waals surface area contributed by atoms with Gasteiger partial charge >= 0.3 is 0 Å². The van der Waals surface area contributed by atoms with Gasteiger partial charge in [-0.3, -0.25) is 0 Å². The van der Waals surface area contributed by atoms with Crippen LogP contribution in [0.15, 0.2) is 0 Å². The summed E-state index contributed by atoms with van der Waals surface area (Å²) in [6.07, 6.45) is -50.8. The molecule has 0 aromatic carbocycles. The zero-order valence-electron chi connectivity index (χ0n) is 38.3. The molecular formula is C40H66O33. The minimum Gasteiger partial charge on any atom is -0.394 e. The summed E-state index contributed by atoms with van der Waals surface area (Å²) in [6.45, 7) is -5.57. The molecule has 8 rings (SSSR count). The molecule has 0 aromatic rings. The molecule has 0 bridgehead atoms. The first kappa shape index (κ1) is 57.8. The van der Waals surface area contributed by atoms with Crippen molar-refractivity contribution in [2.75, 3.05) is 52.9 Å². The zero-order valence-corrected chi connectivity index (χ0v) is 38.3. The third-order valence-corrected chi connectivity index (χ3v) is 13.8. The molecule has 0 saturated carbocycles. The minimum atomic E-state index is -1.92. The fourth-order valence-electron chi connectivity index (χ4n) is 9.52. The highest BCUT2D eigenvalue weighted by Gasteiger charge is 2.57. The fraction of sp³-hybridized carbons (Fsp3) is 1.00. The summed E-state index contributed by atoms with van der Waals surface area (Å²) in [7, 11) is 0. The van der Waals surface area contributed by atoms with E-state index in [4.69, 9.17) is 71.1 Å². The van der Waals surface area contributed by atoms with Crippen molar-refractivity contribution in [3.63, 3.8) is 0 Å². The molecule has 33 heteroatoms. The summed E-state index contributed by atoms with van der Waals surface area (Å²) in [5, 5.41) is 187. The summed E-state index contributed by atoms with van der Waals surface area (Å²) >= 11 is 0. The number of rotatable bonds is 22. The van der Waals surface area contributed by atoms with E-state index >= 15 is 0 Å². The molecule has 18 N–H and O–H groups in total. The predicted molar refractivity (Wildman–Crippen MR) is 216 cm³/mol. The Morgan fingerprint density at radius 1 is 0.233 bits per heavy atom. The Kier molecular flexibility index (Phi) is 19.6. The molecule has 8 saturated heterocycles. The van der Waals surface area contributed by atoms with Crippen LogP contribution in [0.2, 0.25) is 0 Å². The second kappa shape index (κ2) is 24.8. The summed E-state index contributed by atoms with van der Waals surface area (Å²) in [6, 6.07) is 0. The van der Waals surface area contributed by atoms with Crippen LogP contribution in [0.5, 0.6) is 0 Å². The minimum absolute atomic E-state index is 0.628. The van der Waals surface area contributed by atoms with Crippen molar-refractivity contribution in [2.24, 2.45) is 0 Å². The summed E-state index contributed by atoms with van der Waals surface area (Å²) < 4.78 is 84.7. The number of ether oxygens (including phenoxy) is 15. The summed E-state index contributed by atoms with van der Waals surface area (Å²) in [4.78, 5) is 0. The molecule has 8 aliphatic rings. The fourth-order valence-corrected chi connectivity index (χ4v) is 9.52. The SMILES string of the molecule is OC[C@@H]1O[C@@H](O[C@@H]2[C@@H](O[C@@H]3O[C@@H](CO)[C@H](O)[C@H]3O)[C@H](CO[C@@H]3O[C@@H](CO[C@@H]4O[C@@H](CO[C@@H]5O[C@@H](CO)[C@H](O[C@@H]6O[C@@H](CO)[C@H](O)[C@H]6O)[C@H]5O)[C@H](O)[C@H]4O[C@@H]4O[C@@H](CO)[C@H](O)[C@H]4O)[C@H](O)[C@H]3O)O[C@H]2O)[C@H](O)[C@H]1O. The topological polar surface area (TPSA) is 503 Å². The van der Waals surface area contributed by atoms with Gasteiger partial charge < -0.3 is 163 Å². The van der Waals surface area contributed by atoms with Crippen molar-refractivity contribution in [1.82, 2.24) is 0 Å². The maximum Gasteiger partial charge on any atom is 0.187 e. The van der Waals surface area contributed by atoms with Gasteiger partial charge in [-0.2, -0.15) is 0 Å². The van der Waals surface area contributed by atoms with Gasteiger partial charge in [0, 0.05) is 0 Å². The van der Waals surface area contributed by atoms with E-state index in [9.17, 15) is 91.9 Å². The van der Waals surface area contributed by atoms with Crippen molar-refractivity contribution in [3.05, 3.63) is 0 Å². The van der Waals surface area contributed by atoms with Crippen LogP contribution in [0.25, 0.3) is 0 Å². The van der Waals surface area contributed by atoms with Gasteiger partial charge in [0.1, 0.15) is 146 Å². The molecule has 0 unspecified atom stereocenters. The van der Waals surface area contributed by atoms with Crippen LogP contribution in [0.4, 0.5) is 0 Å². The number of aliphatic hydroxyl groups is 18. The molecule has 0 aromatic heterocycles. The van der Waals surface area contributed by atoms with E-state index in [0.29, 0.717) is 0 Å². The van der Waals surface area contributed by atoms with Gasteiger partial charge in [0.05, 0.1) is 52.9 Å². The standard InChI is InChI=1S/C40H66O33/c41-1-9-17(46)24(53)36(63-9)70-29-13(5-45)67-35(28(29)57)59-7-15-22(51)31(72-38-26(55)19(48)11(3-43)65-38)40(69-15)61-6-14-21(50)23(52)34(68-14)60-8-16-30(71-37-25(54)18(47)10(2-42)64-37)32(33(58)62-16)73-39-27(56)20(49)12(4-44)66-39/h9-58H,1-8H2/t9-,10-,11-,12-,13-,14-,15-,16-,17-,18-,19-,20-,21-,22-,23+,24+,25+,26+,27+,28+,29-,30-,31+,32+,33+,34+,35+,36-,37-,38-,39-,40+/m0/s1. The Hall–Kier alpha value is -1.32. The molecular weight excluding hydrogens is 1010 g/mol. The Morgan fingerprint density at radius 3 is 0.973 bits per heavy atom. The van der Waals surface area contributed by atoms with Crippen molar-refractivity contribution in [2.45, 2.75) is 197 Å². The first-order chi connectivity index (χ1) is 34.8. The smallest absolute Gasteiger partial charge is 0.187 e. The Labute approximate surface area is 412 Å². The summed E-state index contributed by atoms with van der Waals surface area (Å²) in [5.41, 5.74) is 0. The average molecular weight is 1070 g/mol. The first-order valence-corrected chi connectivity index (χ1v) is 23.4. The van der Waals surface area contributed by atoms with Gasteiger partial charge in [-0.15, -0.1) is 0 Å². The molecule has 0 aliphatic carbocycles. The lowest BCUT2D eigenvalue weighted by Crippen LogP contribution is -2.47. The normalized spacial score (nSPS) is 53.2. The molecule has 0 amide bonds. The predicted octanol–water partition coefficient (Wildman–Crippen LogP) is -13.3. The quantitative estimate of drug-likeness (QED) is 0.0479. The maximum absolute atomic E-state index is 11.5. The summed E-state index contributed by atoms with van der Waals surface area (Å²) in [5.74, 6) is 0. The van der Waals surface area contributed by atoms with Crippen LogP contribution in [-0.2, 0) is 71.1 Å². The van der Waals surface area contributed by atoms with Crippen molar-refractivity contribution in [3.8, 4) is 0 Å². The van der Waals surface area contributed by atoms with Gasteiger partial charge in [0.2, 0.25) is 0 Å². The van der Waals surface area contributed by atoms with Gasteiger partial charge in [-0.1, -0.05) is 0 Å². The molecule has 0 spiro atoms. The van der Waals surface area contributed by atoms with Crippen LogP contribution < -0.4 is 0 Å². The van der Waals surface area contributed by atoms with Crippen LogP contribution in [0.1, 0.15) is 0 Å². The highest BCUT2D eigenvalue weighted by Crippen LogP contribution is 2.37. The molecule has 73 heavy (non-hydrogen) atoms. The Bertz CT molecular complexity index is 1710. The van der Waals surface area contributed by atoms with E-state index in [-0.39, 0.29) is 0 Å². The first-order valence-electron chi connectivity index (χ1n) is 23.4. The van der Waals surface area contributed by atoms with Crippen LogP contribution in [0, 0.1) is 0 Å². The third kappa shape index (κ3) is 11.9. The van der Waals surface area contributed by atoms with E-state index in [1.54, 1.807) is 0 Å². The Balaban J connectivity index is 0.901. The van der Waals surface area contributed by atoms with Crippen LogP contribution in [0.3, 0.4) is 0 Å². The molecule has 8 aliphatic heterocycles. The van der Waals surface area contributed by atoms with E-state index in [2.05, 4.69) is 0 Å². The molecule has 424 valence electrons. The monoisotopic (exact) mass is 1070 g/mol.